The number of hydrogen-bond donors (Lipinski definition) is 1. The van der Waals surface area contributed by atoms with Gasteiger partial charge in [-0.05, 0) is 57.0 Å². The minimum Gasteiger partial charge on any atom is -0.312 e. The number of nitrogens with zero attached hydrogens (tertiary/aromatic N) is 1. The average Bonchev–Trinajstić information content (AvgIpc) is 3.18. The molecule has 1 heterocycles. The molecule has 2 aliphatic rings. The molecule has 2 nitrogen and oxygen atoms in total. The lowest BCUT2D eigenvalue weighted by atomic mass is 9.86. The molecule has 1 saturated heterocycles. The van der Waals surface area contributed by atoms with Crippen molar-refractivity contribution in [2.75, 3.05) is 19.6 Å². The maximum absolute atomic E-state index is 3.73. The molecule has 0 aromatic heterocycles. The first kappa shape index (κ1) is 14.3. The molecule has 0 amide bonds. The van der Waals surface area contributed by atoms with Crippen molar-refractivity contribution >= 4 is 0 Å². The van der Waals surface area contributed by atoms with Crippen LogP contribution in [0.5, 0.6) is 0 Å². The summed E-state index contributed by atoms with van der Waals surface area (Å²) >= 11 is 0. The Balaban J connectivity index is 1.75. The molecule has 2 rings (SSSR count). The fourth-order valence-corrected chi connectivity index (χ4v) is 3.29. The molecule has 0 aromatic carbocycles. The molecule has 1 unspecified atom stereocenters. The fourth-order valence-electron chi connectivity index (χ4n) is 3.29. The number of rotatable bonds is 7. The van der Waals surface area contributed by atoms with Crippen LogP contribution in [-0.4, -0.2) is 36.6 Å². The predicted molar refractivity (Wildman–Crippen MR) is 78.9 cm³/mol. The number of likely N-dealkylation sites (tertiary alicyclic amines) is 1. The summed E-state index contributed by atoms with van der Waals surface area (Å²) in [5.74, 6) is 1.85. The minimum atomic E-state index is 0.795. The van der Waals surface area contributed by atoms with Gasteiger partial charge in [-0.1, -0.05) is 27.2 Å². The van der Waals surface area contributed by atoms with Crippen LogP contribution in [0, 0.1) is 11.8 Å². The third-order valence-corrected chi connectivity index (χ3v) is 4.87. The molecular formula is C16H32N2. The Hall–Kier alpha value is -0.0800. The lowest BCUT2D eigenvalue weighted by molar-refractivity contribution is 0.108. The highest BCUT2D eigenvalue weighted by atomic mass is 15.2. The maximum atomic E-state index is 3.73. The molecule has 2 fully saturated rings. The van der Waals surface area contributed by atoms with Gasteiger partial charge in [-0.15, -0.1) is 0 Å². The van der Waals surface area contributed by atoms with E-state index in [9.17, 15) is 0 Å². The topological polar surface area (TPSA) is 15.3 Å². The maximum Gasteiger partial charge on any atom is 0.0220 e. The molecule has 18 heavy (non-hydrogen) atoms. The van der Waals surface area contributed by atoms with Gasteiger partial charge in [0.15, 0.2) is 0 Å². The van der Waals surface area contributed by atoms with E-state index >= 15 is 0 Å². The lowest BCUT2D eigenvalue weighted by Crippen LogP contribution is -2.47. The molecule has 0 bridgehead atoms. The molecule has 1 N–H and O–H groups in total. The van der Waals surface area contributed by atoms with Crippen molar-refractivity contribution in [3.05, 3.63) is 0 Å². The highest BCUT2D eigenvalue weighted by Crippen LogP contribution is 2.26. The van der Waals surface area contributed by atoms with Crippen LogP contribution < -0.4 is 5.32 Å². The van der Waals surface area contributed by atoms with Crippen molar-refractivity contribution in [3.8, 4) is 0 Å². The van der Waals surface area contributed by atoms with Gasteiger partial charge >= 0.3 is 0 Å². The Labute approximate surface area is 114 Å². The second kappa shape index (κ2) is 6.91. The van der Waals surface area contributed by atoms with E-state index < -0.39 is 0 Å². The zero-order valence-corrected chi connectivity index (χ0v) is 12.6. The van der Waals surface area contributed by atoms with E-state index in [0.29, 0.717) is 0 Å². The van der Waals surface area contributed by atoms with Crippen molar-refractivity contribution in [1.29, 1.82) is 0 Å². The Bertz CT molecular complexity index is 227. The van der Waals surface area contributed by atoms with Crippen LogP contribution in [-0.2, 0) is 0 Å². The fraction of sp³-hybridized carbons (Fsp3) is 1.00. The third-order valence-electron chi connectivity index (χ3n) is 4.87. The highest BCUT2D eigenvalue weighted by molar-refractivity contribution is 4.86. The van der Waals surface area contributed by atoms with Crippen LogP contribution in [0.25, 0.3) is 0 Å². The van der Waals surface area contributed by atoms with Crippen molar-refractivity contribution in [1.82, 2.24) is 10.2 Å². The van der Waals surface area contributed by atoms with Crippen LogP contribution >= 0.6 is 0 Å². The van der Waals surface area contributed by atoms with E-state index in [-0.39, 0.29) is 0 Å². The van der Waals surface area contributed by atoms with Gasteiger partial charge in [-0.3, -0.25) is 4.90 Å². The molecule has 0 radical (unpaired) electrons. The molecule has 1 saturated carbocycles. The monoisotopic (exact) mass is 252 g/mol. The SMILES string of the molecule is CCCC(CNC1CC1)N1CCC(C(C)C)CC1. The Morgan fingerprint density at radius 1 is 1.11 bits per heavy atom. The van der Waals surface area contributed by atoms with E-state index in [1.54, 1.807) is 0 Å². The summed E-state index contributed by atoms with van der Waals surface area (Å²) in [4.78, 5) is 2.76. The Morgan fingerprint density at radius 2 is 1.78 bits per heavy atom. The van der Waals surface area contributed by atoms with Crippen molar-refractivity contribution in [2.45, 2.75) is 71.4 Å². The summed E-state index contributed by atoms with van der Waals surface area (Å²) in [7, 11) is 0. The van der Waals surface area contributed by atoms with Gasteiger partial charge < -0.3 is 5.32 Å². The summed E-state index contributed by atoms with van der Waals surface area (Å²) < 4.78 is 0. The second-order valence-electron chi connectivity index (χ2n) is 6.74. The van der Waals surface area contributed by atoms with E-state index in [1.807, 2.05) is 0 Å². The highest BCUT2D eigenvalue weighted by Gasteiger charge is 2.27. The summed E-state index contributed by atoms with van der Waals surface area (Å²) in [5, 5.41) is 3.73. The quantitative estimate of drug-likeness (QED) is 0.748. The first-order chi connectivity index (χ1) is 8.70. The smallest absolute Gasteiger partial charge is 0.0220 e. The van der Waals surface area contributed by atoms with Gasteiger partial charge in [-0.25, -0.2) is 0 Å². The van der Waals surface area contributed by atoms with Gasteiger partial charge in [0.1, 0.15) is 0 Å². The van der Waals surface area contributed by atoms with E-state index in [1.165, 1.54) is 58.2 Å². The summed E-state index contributed by atoms with van der Waals surface area (Å²) in [6.07, 6.45) is 8.35. The third kappa shape index (κ3) is 4.24. The number of nitrogens with one attached hydrogen (secondary N) is 1. The summed E-state index contributed by atoms with van der Waals surface area (Å²) in [6.45, 7) is 11.0. The molecule has 0 aromatic rings. The second-order valence-corrected chi connectivity index (χ2v) is 6.74. The molecule has 1 aliphatic carbocycles. The zero-order valence-electron chi connectivity index (χ0n) is 12.6. The van der Waals surface area contributed by atoms with Gasteiger partial charge in [0.25, 0.3) is 0 Å². The van der Waals surface area contributed by atoms with Crippen LogP contribution in [0.4, 0.5) is 0 Å². The summed E-state index contributed by atoms with van der Waals surface area (Å²) in [6, 6.07) is 1.65. The molecule has 1 atom stereocenters. The molecular weight excluding hydrogens is 220 g/mol. The molecule has 0 spiro atoms. The van der Waals surface area contributed by atoms with Gasteiger partial charge in [-0.2, -0.15) is 0 Å². The van der Waals surface area contributed by atoms with Crippen LogP contribution in [0.2, 0.25) is 0 Å². The lowest BCUT2D eigenvalue weighted by Gasteiger charge is -2.39. The molecule has 2 heteroatoms. The summed E-state index contributed by atoms with van der Waals surface area (Å²) in [5.41, 5.74) is 0. The van der Waals surface area contributed by atoms with Crippen molar-refractivity contribution in [2.24, 2.45) is 11.8 Å². The normalized spacial score (nSPS) is 24.7. The van der Waals surface area contributed by atoms with Crippen LogP contribution in [0.15, 0.2) is 0 Å². The average molecular weight is 252 g/mol. The minimum absolute atomic E-state index is 0.795. The Morgan fingerprint density at radius 3 is 2.28 bits per heavy atom. The largest absolute Gasteiger partial charge is 0.312 e. The van der Waals surface area contributed by atoms with E-state index in [0.717, 1.165) is 23.9 Å². The van der Waals surface area contributed by atoms with Crippen LogP contribution in [0.3, 0.4) is 0 Å². The number of hydrogen-bond acceptors (Lipinski definition) is 2. The first-order valence-electron chi connectivity index (χ1n) is 8.18. The van der Waals surface area contributed by atoms with Gasteiger partial charge in [0.2, 0.25) is 0 Å². The first-order valence-corrected chi connectivity index (χ1v) is 8.18. The Kier molecular flexibility index (Phi) is 5.50. The molecule has 106 valence electrons. The zero-order chi connectivity index (χ0) is 13.0. The van der Waals surface area contributed by atoms with Crippen LogP contribution in [0.1, 0.15) is 59.3 Å². The number of piperidine rings is 1. The van der Waals surface area contributed by atoms with Gasteiger partial charge in [0, 0.05) is 18.6 Å². The van der Waals surface area contributed by atoms with Crippen molar-refractivity contribution < 1.29 is 0 Å². The van der Waals surface area contributed by atoms with E-state index in [2.05, 4.69) is 31.0 Å². The standard InChI is InChI=1S/C16H32N2/c1-4-5-16(12-17-15-6-7-15)18-10-8-14(9-11-18)13(2)3/h13-17H,4-12H2,1-3H3. The van der Waals surface area contributed by atoms with Gasteiger partial charge in [0.05, 0.1) is 0 Å². The van der Waals surface area contributed by atoms with Crippen molar-refractivity contribution in [3.63, 3.8) is 0 Å². The molecule has 1 aliphatic heterocycles. The van der Waals surface area contributed by atoms with E-state index in [4.69, 9.17) is 0 Å². The predicted octanol–water partition coefficient (Wildman–Crippen LogP) is 3.28.